The first-order valence-corrected chi connectivity index (χ1v) is 8.94. The minimum Gasteiger partial charge on any atom is -0.497 e. The maximum Gasteiger partial charge on any atom is 0.244 e. The van der Waals surface area contributed by atoms with Gasteiger partial charge in [-0.3, -0.25) is 4.79 Å². The van der Waals surface area contributed by atoms with E-state index in [1.807, 2.05) is 55.5 Å². The minimum absolute atomic E-state index is 0.0128. The molecule has 8 heteroatoms. The van der Waals surface area contributed by atoms with Crippen LogP contribution < -0.4 is 10.1 Å². The molecule has 0 aliphatic rings. The number of tetrazole rings is 1. The van der Waals surface area contributed by atoms with Crippen molar-refractivity contribution in [2.45, 2.75) is 25.9 Å². The number of aromatic nitrogens is 4. The van der Waals surface area contributed by atoms with Crippen LogP contribution in [0.15, 0.2) is 48.5 Å². The van der Waals surface area contributed by atoms with E-state index in [1.165, 1.54) is 4.80 Å². The van der Waals surface area contributed by atoms with Gasteiger partial charge in [-0.05, 0) is 41.5 Å². The summed E-state index contributed by atoms with van der Waals surface area (Å²) < 4.78 is 5.20. The lowest BCUT2D eigenvalue weighted by Gasteiger charge is -2.17. The number of carbonyl (C=O) groups excluding carboxylic acids is 1. The van der Waals surface area contributed by atoms with Crippen molar-refractivity contribution in [3.63, 3.8) is 0 Å². The summed E-state index contributed by atoms with van der Waals surface area (Å²) in [7, 11) is 1.60. The van der Waals surface area contributed by atoms with Gasteiger partial charge in [-0.25, -0.2) is 0 Å². The first-order valence-electron chi connectivity index (χ1n) is 8.56. The van der Waals surface area contributed by atoms with Crippen molar-refractivity contribution in [2.24, 2.45) is 0 Å². The van der Waals surface area contributed by atoms with Crippen molar-refractivity contribution >= 4 is 17.5 Å². The van der Waals surface area contributed by atoms with Crippen LogP contribution >= 0.6 is 11.6 Å². The first kappa shape index (κ1) is 18.8. The summed E-state index contributed by atoms with van der Waals surface area (Å²) in [5.74, 6) is 0.952. The number of nitrogens with zero attached hydrogens (tertiary/aromatic N) is 4. The van der Waals surface area contributed by atoms with Gasteiger partial charge in [0.25, 0.3) is 0 Å². The van der Waals surface area contributed by atoms with E-state index in [2.05, 4.69) is 20.7 Å². The zero-order valence-corrected chi connectivity index (χ0v) is 15.8. The second kappa shape index (κ2) is 8.64. The highest BCUT2D eigenvalue weighted by atomic mass is 35.5. The SMILES string of the molecule is CCC(NC(=O)Cn1nnc(-c2cccc(OC)c2)n1)c1ccc(Cl)cc1. The Morgan fingerprint density at radius 3 is 2.74 bits per heavy atom. The van der Waals surface area contributed by atoms with Gasteiger partial charge < -0.3 is 10.1 Å². The molecule has 27 heavy (non-hydrogen) atoms. The molecule has 3 aromatic rings. The number of hydrogen-bond donors (Lipinski definition) is 1. The minimum atomic E-state index is -0.189. The Kier molecular flexibility index (Phi) is 6.03. The number of carbonyl (C=O) groups is 1. The van der Waals surface area contributed by atoms with Gasteiger partial charge >= 0.3 is 0 Å². The second-order valence-corrected chi connectivity index (χ2v) is 6.39. The number of ether oxygens (including phenoxy) is 1. The van der Waals surface area contributed by atoms with Crippen molar-refractivity contribution in [3.05, 3.63) is 59.1 Å². The van der Waals surface area contributed by atoms with Crippen LogP contribution in [0.3, 0.4) is 0 Å². The highest BCUT2D eigenvalue weighted by Crippen LogP contribution is 2.20. The largest absolute Gasteiger partial charge is 0.497 e. The van der Waals surface area contributed by atoms with E-state index in [0.29, 0.717) is 16.6 Å². The van der Waals surface area contributed by atoms with Gasteiger partial charge in [0.05, 0.1) is 13.2 Å². The zero-order chi connectivity index (χ0) is 19.2. The smallest absolute Gasteiger partial charge is 0.244 e. The van der Waals surface area contributed by atoms with Gasteiger partial charge in [0.15, 0.2) is 0 Å². The molecule has 0 saturated carbocycles. The van der Waals surface area contributed by atoms with Crippen molar-refractivity contribution < 1.29 is 9.53 Å². The molecule has 1 atom stereocenters. The second-order valence-electron chi connectivity index (χ2n) is 5.96. The van der Waals surface area contributed by atoms with E-state index in [0.717, 1.165) is 17.5 Å². The van der Waals surface area contributed by atoms with Crippen LogP contribution in [0, 0.1) is 0 Å². The van der Waals surface area contributed by atoms with Crippen LogP contribution in [-0.4, -0.2) is 33.2 Å². The van der Waals surface area contributed by atoms with E-state index in [9.17, 15) is 4.79 Å². The summed E-state index contributed by atoms with van der Waals surface area (Å²) in [6, 6.07) is 14.7. The average molecular weight is 386 g/mol. The Morgan fingerprint density at radius 2 is 2.04 bits per heavy atom. The Labute approximate surface area is 162 Å². The molecule has 0 saturated heterocycles. The fraction of sp³-hybridized carbons (Fsp3) is 0.263. The highest BCUT2D eigenvalue weighted by molar-refractivity contribution is 6.30. The number of amides is 1. The number of hydrogen-bond acceptors (Lipinski definition) is 5. The third-order valence-electron chi connectivity index (χ3n) is 4.08. The predicted molar refractivity (Wildman–Crippen MR) is 102 cm³/mol. The van der Waals surface area contributed by atoms with E-state index >= 15 is 0 Å². The standard InChI is InChI=1S/C19H20ClN5O2/c1-3-17(13-7-9-15(20)10-8-13)21-18(26)12-25-23-19(22-24-25)14-5-4-6-16(11-14)27-2/h4-11,17H,3,12H2,1-2H3,(H,21,26). The Hall–Kier alpha value is -2.93. The van der Waals surface area contributed by atoms with E-state index < -0.39 is 0 Å². The number of methoxy groups -OCH3 is 1. The third kappa shape index (κ3) is 4.83. The van der Waals surface area contributed by atoms with Gasteiger partial charge in [-0.2, -0.15) is 4.80 Å². The fourth-order valence-corrected chi connectivity index (χ4v) is 2.80. The molecule has 0 aliphatic carbocycles. The molecule has 140 valence electrons. The lowest BCUT2D eigenvalue weighted by molar-refractivity contribution is -0.122. The van der Waals surface area contributed by atoms with Crippen molar-refractivity contribution in [3.8, 4) is 17.1 Å². The molecule has 1 aromatic heterocycles. The maximum atomic E-state index is 12.4. The number of benzene rings is 2. The molecule has 2 aromatic carbocycles. The molecule has 1 N–H and O–H groups in total. The molecule has 1 unspecified atom stereocenters. The number of halogens is 1. The van der Waals surface area contributed by atoms with Crippen LogP contribution in [-0.2, 0) is 11.3 Å². The van der Waals surface area contributed by atoms with Crippen LogP contribution in [0.25, 0.3) is 11.4 Å². The normalized spacial score (nSPS) is 11.8. The van der Waals surface area contributed by atoms with Gasteiger partial charge in [0.1, 0.15) is 12.3 Å². The fourth-order valence-electron chi connectivity index (χ4n) is 2.67. The number of rotatable bonds is 7. The summed E-state index contributed by atoms with van der Waals surface area (Å²) in [6.07, 6.45) is 0.757. The summed E-state index contributed by atoms with van der Waals surface area (Å²) in [5, 5.41) is 15.9. The summed E-state index contributed by atoms with van der Waals surface area (Å²) in [4.78, 5) is 13.7. The molecule has 7 nitrogen and oxygen atoms in total. The molecule has 0 bridgehead atoms. The van der Waals surface area contributed by atoms with Gasteiger partial charge in [-0.1, -0.05) is 42.8 Å². The maximum absolute atomic E-state index is 12.4. The van der Waals surface area contributed by atoms with Crippen LogP contribution in [0.5, 0.6) is 5.75 Å². The molecule has 0 radical (unpaired) electrons. The van der Waals surface area contributed by atoms with Crippen LogP contribution in [0.2, 0.25) is 5.02 Å². The summed E-state index contributed by atoms with van der Waals surface area (Å²) in [6.45, 7) is 2.00. The Bertz CT molecular complexity index is 910. The Morgan fingerprint density at radius 1 is 1.26 bits per heavy atom. The molecular weight excluding hydrogens is 366 g/mol. The molecule has 3 rings (SSSR count). The number of nitrogens with one attached hydrogen (secondary N) is 1. The molecule has 1 amide bonds. The van der Waals surface area contributed by atoms with Gasteiger partial charge in [0, 0.05) is 10.6 Å². The van der Waals surface area contributed by atoms with Crippen molar-refractivity contribution in [1.29, 1.82) is 0 Å². The van der Waals surface area contributed by atoms with Gasteiger partial charge in [0.2, 0.25) is 11.7 Å². The average Bonchev–Trinajstić information content (AvgIpc) is 3.15. The highest BCUT2D eigenvalue weighted by Gasteiger charge is 2.15. The Balaban J connectivity index is 1.65. The quantitative estimate of drug-likeness (QED) is 0.675. The topological polar surface area (TPSA) is 81.9 Å². The van der Waals surface area contributed by atoms with E-state index in [-0.39, 0.29) is 18.5 Å². The monoisotopic (exact) mass is 385 g/mol. The summed E-state index contributed by atoms with van der Waals surface area (Å²) in [5.41, 5.74) is 1.77. The third-order valence-corrected chi connectivity index (χ3v) is 4.33. The van der Waals surface area contributed by atoms with E-state index in [1.54, 1.807) is 7.11 Å². The van der Waals surface area contributed by atoms with Gasteiger partial charge in [-0.15, -0.1) is 10.2 Å². The van der Waals surface area contributed by atoms with E-state index in [4.69, 9.17) is 16.3 Å². The molecule has 1 heterocycles. The lowest BCUT2D eigenvalue weighted by atomic mass is 10.0. The lowest BCUT2D eigenvalue weighted by Crippen LogP contribution is -2.32. The predicted octanol–water partition coefficient (Wildman–Crippen LogP) is 3.27. The first-order chi connectivity index (χ1) is 13.1. The molecular formula is C19H20ClN5O2. The molecule has 0 spiro atoms. The zero-order valence-electron chi connectivity index (χ0n) is 15.1. The van der Waals surface area contributed by atoms with Crippen LogP contribution in [0.4, 0.5) is 0 Å². The van der Waals surface area contributed by atoms with Crippen LogP contribution in [0.1, 0.15) is 24.9 Å². The summed E-state index contributed by atoms with van der Waals surface area (Å²) >= 11 is 5.92. The molecule has 0 aliphatic heterocycles. The van der Waals surface area contributed by atoms with Crippen molar-refractivity contribution in [1.82, 2.24) is 25.5 Å². The molecule has 0 fully saturated rings. The van der Waals surface area contributed by atoms with Crippen molar-refractivity contribution in [2.75, 3.05) is 7.11 Å².